The normalized spacial score (nSPS) is 25.1. The SMILES string of the molecule is COc1ccnc(N2CCN3C(=O)N(C4CCCCC4)C[C@H]3C2)n1. The van der Waals surface area contributed by atoms with E-state index in [0.717, 1.165) is 39.0 Å². The van der Waals surface area contributed by atoms with E-state index in [4.69, 9.17) is 4.74 Å². The van der Waals surface area contributed by atoms with E-state index in [-0.39, 0.29) is 12.1 Å². The van der Waals surface area contributed by atoms with Gasteiger partial charge in [-0.3, -0.25) is 0 Å². The van der Waals surface area contributed by atoms with Gasteiger partial charge in [0.05, 0.1) is 13.2 Å². The van der Waals surface area contributed by atoms with Crippen molar-refractivity contribution in [2.75, 3.05) is 38.2 Å². The van der Waals surface area contributed by atoms with Gasteiger partial charge in [0, 0.05) is 44.5 Å². The summed E-state index contributed by atoms with van der Waals surface area (Å²) in [6, 6.07) is 2.67. The Kier molecular flexibility index (Phi) is 4.16. The van der Waals surface area contributed by atoms with Crippen LogP contribution < -0.4 is 9.64 Å². The van der Waals surface area contributed by atoms with Gasteiger partial charge in [0.2, 0.25) is 11.8 Å². The molecule has 1 aliphatic carbocycles. The maximum atomic E-state index is 12.8. The minimum absolute atomic E-state index is 0.234. The number of amides is 2. The van der Waals surface area contributed by atoms with Gasteiger partial charge in [-0.2, -0.15) is 4.98 Å². The second-order valence-electron chi connectivity index (χ2n) is 6.92. The van der Waals surface area contributed by atoms with Crippen LogP contribution in [0.5, 0.6) is 5.88 Å². The number of ether oxygens (including phenoxy) is 1. The van der Waals surface area contributed by atoms with Gasteiger partial charge in [-0.15, -0.1) is 0 Å². The summed E-state index contributed by atoms with van der Waals surface area (Å²) in [6.07, 6.45) is 7.87. The zero-order valence-electron chi connectivity index (χ0n) is 14.2. The minimum atomic E-state index is 0.234. The van der Waals surface area contributed by atoms with Gasteiger partial charge in [-0.1, -0.05) is 19.3 Å². The summed E-state index contributed by atoms with van der Waals surface area (Å²) in [5, 5.41) is 0. The molecule has 0 radical (unpaired) electrons. The third-order valence-corrected chi connectivity index (χ3v) is 5.51. The third-order valence-electron chi connectivity index (χ3n) is 5.51. The topological polar surface area (TPSA) is 61.8 Å². The van der Waals surface area contributed by atoms with Gasteiger partial charge >= 0.3 is 6.03 Å². The molecule has 7 heteroatoms. The summed E-state index contributed by atoms with van der Waals surface area (Å²) >= 11 is 0. The molecule has 0 aromatic carbocycles. The third kappa shape index (κ3) is 2.76. The molecule has 1 aromatic heterocycles. The van der Waals surface area contributed by atoms with Crippen molar-refractivity contribution in [3.05, 3.63) is 12.3 Å². The number of hydrogen-bond donors (Lipinski definition) is 0. The van der Waals surface area contributed by atoms with Crippen molar-refractivity contribution in [1.82, 2.24) is 19.8 Å². The first-order valence-corrected chi connectivity index (χ1v) is 8.95. The van der Waals surface area contributed by atoms with Crippen LogP contribution in [0.2, 0.25) is 0 Å². The predicted molar refractivity (Wildman–Crippen MR) is 90.3 cm³/mol. The van der Waals surface area contributed by atoms with Crippen molar-refractivity contribution in [2.45, 2.75) is 44.2 Å². The molecule has 2 amide bonds. The van der Waals surface area contributed by atoms with E-state index in [0.29, 0.717) is 17.9 Å². The van der Waals surface area contributed by atoms with E-state index in [1.807, 2.05) is 4.90 Å². The van der Waals surface area contributed by atoms with Crippen LogP contribution in [0.1, 0.15) is 32.1 Å². The zero-order valence-corrected chi connectivity index (χ0v) is 14.2. The molecular weight excluding hydrogens is 306 g/mol. The number of rotatable bonds is 3. The lowest BCUT2D eigenvalue weighted by atomic mass is 9.94. The highest BCUT2D eigenvalue weighted by atomic mass is 16.5. The van der Waals surface area contributed by atoms with E-state index in [9.17, 15) is 4.79 Å². The van der Waals surface area contributed by atoms with Crippen LogP contribution in [0.4, 0.5) is 10.7 Å². The maximum Gasteiger partial charge on any atom is 0.320 e. The highest BCUT2D eigenvalue weighted by Crippen LogP contribution is 2.30. The van der Waals surface area contributed by atoms with Crippen molar-refractivity contribution in [3.63, 3.8) is 0 Å². The molecule has 1 aromatic rings. The molecule has 3 heterocycles. The maximum absolute atomic E-state index is 12.8. The molecule has 2 aliphatic heterocycles. The van der Waals surface area contributed by atoms with E-state index in [1.165, 1.54) is 19.3 Å². The average Bonchev–Trinajstić information content (AvgIpc) is 2.98. The first-order chi connectivity index (χ1) is 11.8. The fraction of sp³-hybridized carbons (Fsp3) is 0.706. The molecule has 1 atom stereocenters. The van der Waals surface area contributed by atoms with Gasteiger partial charge in [-0.05, 0) is 12.8 Å². The van der Waals surface area contributed by atoms with Crippen LogP contribution in [0, 0.1) is 0 Å². The largest absolute Gasteiger partial charge is 0.481 e. The predicted octanol–water partition coefficient (Wildman–Crippen LogP) is 1.74. The Labute approximate surface area is 142 Å². The number of aromatic nitrogens is 2. The van der Waals surface area contributed by atoms with Gasteiger partial charge in [0.25, 0.3) is 0 Å². The lowest BCUT2D eigenvalue weighted by Crippen LogP contribution is -2.52. The number of fused-ring (bicyclic) bond motifs is 1. The quantitative estimate of drug-likeness (QED) is 0.844. The number of carbonyl (C=O) groups is 1. The van der Waals surface area contributed by atoms with Crippen LogP contribution in [-0.4, -0.2) is 71.2 Å². The molecule has 2 saturated heterocycles. The summed E-state index contributed by atoms with van der Waals surface area (Å²) in [5.41, 5.74) is 0. The van der Waals surface area contributed by atoms with E-state index < -0.39 is 0 Å². The first kappa shape index (κ1) is 15.5. The van der Waals surface area contributed by atoms with E-state index in [1.54, 1.807) is 19.4 Å². The lowest BCUT2D eigenvalue weighted by molar-refractivity contribution is 0.161. The van der Waals surface area contributed by atoms with Crippen LogP contribution in [0.15, 0.2) is 12.3 Å². The van der Waals surface area contributed by atoms with Crippen molar-refractivity contribution >= 4 is 12.0 Å². The summed E-state index contributed by atoms with van der Waals surface area (Å²) in [4.78, 5) is 27.9. The van der Waals surface area contributed by atoms with Crippen molar-refractivity contribution in [3.8, 4) is 5.88 Å². The smallest absolute Gasteiger partial charge is 0.320 e. The average molecular weight is 331 g/mol. The van der Waals surface area contributed by atoms with Crippen LogP contribution in [-0.2, 0) is 0 Å². The Morgan fingerprint density at radius 3 is 2.71 bits per heavy atom. The Morgan fingerprint density at radius 1 is 1.08 bits per heavy atom. The standard InChI is InChI=1S/C17H25N5O2/c1-24-15-7-8-18-16(19-15)20-9-10-21-14(11-20)12-22(17(21)23)13-5-3-2-4-6-13/h7-8,13-14H,2-6,9-12H2,1H3/t14-/m1/s1. The summed E-state index contributed by atoms with van der Waals surface area (Å²) < 4.78 is 5.20. The molecule has 0 unspecified atom stereocenters. The van der Waals surface area contributed by atoms with Crippen LogP contribution in [0.3, 0.4) is 0 Å². The number of hydrogen-bond acceptors (Lipinski definition) is 5. The summed E-state index contributed by atoms with van der Waals surface area (Å²) in [7, 11) is 1.61. The van der Waals surface area contributed by atoms with Gasteiger partial charge < -0.3 is 19.4 Å². The number of urea groups is 1. The molecule has 0 spiro atoms. The highest BCUT2D eigenvalue weighted by Gasteiger charge is 2.43. The first-order valence-electron chi connectivity index (χ1n) is 8.95. The summed E-state index contributed by atoms with van der Waals surface area (Å²) in [5.74, 6) is 1.27. The lowest BCUT2D eigenvalue weighted by Gasteiger charge is -2.36. The Bertz CT molecular complexity index is 604. The van der Waals surface area contributed by atoms with Crippen molar-refractivity contribution in [1.29, 1.82) is 0 Å². The van der Waals surface area contributed by atoms with Crippen LogP contribution >= 0.6 is 0 Å². The van der Waals surface area contributed by atoms with Crippen LogP contribution in [0.25, 0.3) is 0 Å². The zero-order chi connectivity index (χ0) is 16.5. The number of carbonyl (C=O) groups excluding carboxylic acids is 1. The van der Waals surface area contributed by atoms with E-state index >= 15 is 0 Å². The van der Waals surface area contributed by atoms with Gasteiger partial charge in [-0.25, -0.2) is 9.78 Å². The van der Waals surface area contributed by atoms with Crippen molar-refractivity contribution < 1.29 is 9.53 Å². The Hall–Kier alpha value is -2.05. The Balaban J connectivity index is 1.46. The molecule has 130 valence electrons. The number of nitrogens with zero attached hydrogens (tertiary/aromatic N) is 5. The molecule has 24 heavy (non-hydrogen) atoms. The number of methoxy groups -OCH3 is 1. The molecule has 1 saturated carbocycles. The number of piperazine rings is 1. The molecule has 3 aliphatic rings. The number of anilines is 1. The molecule has 3 fully saturated rings. The van der Waals surface area contributed by atoms with Gasteiger partial charge in [0.1, 0.15) is 0 Å². The minimum Gasteiger partial charge on any atom is -0.481 e. The Morgan fingerprint density at radius 2 is 1.92 bits per heavy atom. The molecule has 0 N–H and O–H groups in total. The second-order valence-corrected chi connectivity index (χ2v) is 6.92. The molecular formula is C17H25N5O2. The second kappa shape index (κ2) is 6.45. The molecule has 4 rings (SSSR count). The fourth-order valence-electron chi connectivity index (χ4n) is 4.21. The van der Waals surface area contributed by atoms with Crippen molar-refractivity contribution in [2.24, 2.45) is 0 Å². The summed E-state index contributed by atoms with van der Waals surface area (Å²) in [6.45, 7) is 3.15. The highest BCUT2D eigenvalue weighted by molar-refractivity contribution is 5.78. The molecule has 0 bridgehead atoms. The van der Waals surface area contributed by atoms with E-state index in [2.05, 4.69) is 19.8 Å². The monoisotopic (exact) mass is 331 g/mol. The fourth-order valence-corrected chi connectivity index (χ4v) is 4.21. The van der Waals surface area contributed by atoms with Gasteiger partial charge in [0.15, 0.2) is 0 Å². The molecule has 7 nitrogen and oxygen atoms in total.